The van der Waals surface area contributed by atoms with Crippen LogP contribution in [0.4, 0.5) is 9.59 Å². The van der Waals surface area contributed by atoms with E-state index in [1.54, 1.807) is 22.2 Å². The van der Waals surface area contributed by atoms with Gasteiger partial charge in [0, 0.05) is 24.2 Å². The normalized spacial score (nSPS) is 20.4. The van der Waals surface area contributed by atoms with Crippen molar-refractivity contribution >= 4 is 24.0 Å². The summed E-state index contributed by atoms with van der Waals surface area (Å²) < 4.78 is 9.49. The second-order valence-corrected chi connectivity index (χ2v) is 14.9. The SMILES string of the molecule is COC(=O)NC(C(=O)N1CC(C)CC1c1ncc(C#Cc2ccc(C#Cc3cnc(C4CC(C)CN4C(=O)C(NC(=O)OC)C(C)C)[nH]3)cc2)[nH]1)C(C)C. The molecule has 3 aromatic rings. The maximum absolute atomic E-state index is 13.6. The van der Waals surface area contributed by atoms with Gasteiger partial charge in [0.15, 0.2) is 0 Å². The fourth-order valence-corrected chi connectivity index (χ4v) is 6.91. The molecule has 286 valence electrons. The number of rotatable bonds is 8. The molecular formula is C40H50N8O6. The minimum Gasteiger partial charge on any atom is -0.453 e. The summed E-state index contributed by atoms with van der Waals surface area (Å²) in [5.41, 5.74) is 2.84. The summed E-state index contributed by atoms with van der Waals surface area (Å²) in [4.78, 5) is 70.3. The van der Waals surface area contributed by atoms with E-state index >= 15 is 0 Å². The van der Waals surface area contributed by atoms with Crippen LogP contribution < -0.4 is 10.6 Å². The standard InChI is InChI=1S/C40H50N8O6/c1-23(2)33(45-39(51)53-7)37(49)47-21-25(5)17-31(47)35-41-19-29(43-35)15-13-27-9-11-28(12-10-27)14-16-30-20-42-36(44-30)32-18-26(6)22-48(32)38(50)34(24(3)4)46-40(52)54-8/h9-12,19-20,23-26,31-34H,17-18,21-22H2,1-8H3,(H,41,43)(H,42,44)(H,45,51)(H,46,52). The molecule has 14 heteroatoms. The van der Waals surface area contributed by atoms with Gasteiger partial charge in [0.25, 0.3) is 0 Å². The van der Waals surface area contributed by atoms with Gasteiger partial charge in [-0.1, -0.05) is 53.4 Å². The number of hydrogen-bond donors (Lipinski definition) is 4. The van der Waals surface area contributed by atoms with Crippen molar-refractivity contribution in [2.45, 2.75) is 78.6 Å². The maximum Gasteiger partial charge on any atom is 0.407 e. The minimum absolute atomic E-state index is 0.125. The number of benzene rings is 1. The van der Waals surface area contributed by atoms with Crippen LogP contribution in [0.15, 0.2) is 36.7 Å². The molecule has 54 heavy (non-hydrogen) atoms. The first kappa shape index (κ1) is 39.4. The van der Waals surface area contributed by atoms with Crippen molar-refractivity contribution in [3.05, 3.63) is 70.8 Å². The van der Waals surface area contributed by atoms with Gasteiger partial charge in [0.1, 0.15) is 35.1 Å². The van der Waals surface area contributed by atoms with Crippen LogP contribution in [0, 0.1) is 47.4 Å². The van der Waals surface area contributed by atoms with Gasteiger partial charge in [-0.05, 0) is 72.6 Å². The number of carbonyl (C=O) groups is 4. The Balaban J connectivity index is 1.23. The topological polar surface area (TPSA) is 175 Å². The van der Waals surface area contributed by atoms with Gasteiger partial charge in [-0.15, -0.1) is 0 Å². The first-order valence-corrected chi connectivity index (χ1v) is 18.3. The summed E-state index contributed by atoms with van der Waals surface area (Å²) in [5.74, 6) is 13.8. The number of aromatic amines is 2. The van der Waals surface area contributed by atoms with Crippen LogP contribution in [0.25, 0.3) is 0 Å². The fraction of sp³-hybridized carbons (Fsp3) is 0.500. The number of imidazole rings is 2. The largest absolute Gasteiger partial charge is 0.453 e. The average molecular weight is 739 g/mol. The van der Waals surface area contributed by atoms with Crippen LogP contribution in [0.5, 0.6) is 0 Å². The number of H-pyrrole nitrogens is 2. The van der Waals surface area contributed by atoms with Gasteiger partial charge >= 0.3 is 12.2 Å². The van der Waals surface area contributed by atoms with Gasteiger partial charge in [-0.3, -0.25) is 9.59 Å². The molecule has 2 fully saturated rings. The zero-order valence-corrected chi connectivity index (χ0v) is 32.1. The van der Waals surface area contributed by atoms with Gasteiger partial charge in [0.2, 0.25) is 11.8 Å². The molecule has 4 N–H and O–H groups in total. The van der Waals surface area contributed by atoms with Crippen LogP contribution >= 0.6 is 0 Å². The summed E-state index contributed by atoms with van der Waals surface area (Å²) in [7, 11) is 2.56. The number of likely N-dealkylation sites (tertiary alicyclic amines) is 2. The highest BCUT2D eigenvalue weighted by molar-refractivity contribution is 5.87. The molecule has 0 aliphatic carbocycles. The molecule has 6 atom stereocenters. The molecule has 2 saturated heterocycles. The number of methoxy groups -OCH3 is 2. The summed E-state index contributed by atoms with van der Waals surface area (Å²) in [6, 6.07) is 5.62. The van der Waals surface area contributed by atoms with Gasteiger partial charge in [0.05, 0.1) is 38.7 Å². The Morgan fingerprint density at radius 1 is 0.685 bits per heavy atom. The second-order valence-electron chi connectivity index (χ2n) is 14.9. The second kappa shape index (κ2) is 17.4. The van der Waals surface area contributed by atoms with Gasteiger partial charge in [-0.25, -0.2) is 19.6 Å². The average Bonchev–Trinajstić information content (AvgIpc) is 3.97. The molecule has 0 bridgehead atoms. The molecule has 6 unspecified atom stereocenters. The van der Waals surface area contributed by atoms with E-state index in [0.29, 0.717) is 36.1 Å². The van der Waals surface area contributed by atoms with E-state index in [1.165, 1.54) is 14.2 Å². The fourth-order valence-electron chi connectivity index (χ4n) is 6.91. The van der Waals surface area contributed by atoms with Crippen molar-refractivity contribution in [2.75, 3.05) is 27.3 Å². The maximum atomic E-state index is 13.6. The number of nitrogens with one attached hydrogen (secondary N) is 4. The van der Waals surface area contributed by atoms with E-state index in [0.717, 1.165) is 24.0 Å². The number of nitrogens with zero attached hydrogens (tertiary/aromatic N) is 4. The first-order chi connectivity index (χ1) is 25.8. The predicted octanol–water partition coefficient (Wildman–Crippen LogP) is 4.51. The minimum atomic E-state index is -0.713. The van der Waals surface area contributed by atoms with Crippen LogP contribution in [0.3, 0.4) is 0 Å². The highest BCUT2D eigenvalue weighted by atomic mass is 16.5. The molecule has 0 saturated carbocycles. The summed E-state index contributed by atoms with van der Waals surface area (Å²) in [6.07, 6.45) is 3.54. The van der Waals surface area contributed by atoms with Crippen LogP contribution in [0.2, 0.25) is 0 Å². The molecule has 4 heterocycles. The Bertz CT molecular complexity index is 1810. The zero-order chi connectivity index (χ0) is 39.1. The number of amides is 4. The third-order valence-corrected chi connectivity index (χ3v) is 9.76. The lowest BCUT2D eigenvalue weighted by atomic mass is 10.0. The third-order valence-electron chi connectivity index (χ3n) is 9.76. The molecule has 5 rings (SSSR count). The molecular weight excluding hydrogens is 688 g/mol. The van der Waals surface area contributed by atoms with Crippen molar-refractivity contribution in [3.8, 4) is 23.7 Å². The zero-order valence-electron chi connectivity index (χ0n) is 32.1. The van der Waals surface area contributed by atoms with Crippen molar-refractivity contribution < 1.29 is 28.7 Å². The smallest absolute Gasteiger partial charge is 0.407 e. The predicted molar refractivity (Wildman–Crippen MR) is 200 cm³/mol. The Morgan fingerprint density at radius 2 is 1.06 bits per heavy atom. The monoisotopic (exact) mass is 738 g/mol. The molecule has 14 nitrogen and oxygen atoms in total. The molecule has 1 aromatic carbocycles. The highest BCUT2D eigenvalue weighted by Gasteiger charge is 2.41. The first-order valence-electron chi connectivity index (χ1n) is 18.3. The number of carbonyl (C=O) groups excluding carboxylic acids is 4. The quantitative estimate of drug-likeness (QED) is 0.244. The van der Waals surface area contributed by atoms with Crippen molar-refractivity contribution in [2.24, 2.45) is 23.7 Å². The molecule has 2 aliphatic heterocycles. The lowest BCUT2D eigenvalue weighted by Crippen LogP contribution is -2.51. The van der Waals surface area contributed by atoms with E-state index < -0.39 is 24.3 Å². The molecule has 4 amide bonds. The van der Waals surface area contributed by atoms with Crippen LogP contribution in [0.1, 0.15) is 101 Å². The summed E-state index contributed by atoms with van der Waals surface area (Å²) >= 11 is 0. The Labute approximate surface area is 316 Å². The van der Waals surface area contributed by atoms with E-state index in [1.807, 2.05) is 52.0 Å². The molecule has 2 aliphatic rings. The molecule has 2 aromatic heterocycles. The molecule has 0 spiro atoms. The summed E-state index contributed by atoms with van der Waals surface area (Å²) in [6.45, 7) is 12.8. The Kier molecular flexibility index (Phi) is 12.7. The van der Waals surface area contributed by atoms with Gasteiger partial charge < -0.3 is 39.9 Å². The number of alkyl carbamates (subject to hydrolysis) is 2. The Morgan fingerprint density at radius 3 is 1.39 bits per heavy atom. The van der Waals surface area contributed by atoms with Crippen molar-refractivity contribution in [1.29, 1.82) is 0 Å². The van der Waals surface area contributed by atoms with Crippen molar-refractivity contribution in [1.82, 2.24) is 40.4 Å². The third kappa shape index (κ3) is 9.42. The van der Waals surface area contributed by atoms with Crippen LogP contribution in [-0.2, 0) is 19.1 Å². The van der Waals surface area contributed by atoms with E-state index in [2.05, 4.69) is 68.1 Å². The number of ether oxygens (including phenoxy) is 2. The van der Waals surface area contributed by atoms with Crippen molar-refractivity contribution in [3.63, 3.8) is 0 Å². The van der Waals surface area contributed by atoms with E-state index in [4.69, 9.17) is 9.47 Å². The van der Waals surface area contributed by atoms with Crippen LogP contribution in [-0.4, -0.2) is 93.1 Å². The molecule has 0 radical (unpaired) electrons. The lowest BCUT2D eigenvalue weighted by molar-refractivity contribution is -0.136. The number of aromatic nitrogens is 4. The van der Waals surface area contributed by atoms with E-state index in [-0.39, 0.29) is 47.6 Å². The van der Waals surface area contributed by atoms with Gasteiger partial charge in [-0.2, -0.15) is 0 Å². The number of hydrogen-bond acceptors (Lipinski definition) is 8. The van der Waals surface area contributed by atoms with E-state index in [9.17, 15) is 19.2 Å². The lowest BCUT2D eigenvalue weighted by Gasteiger charge is -2.30. The summed E-state index contributed by atoms with van der Waals surface area (Å²) in [5, 5.41) is 5.36. The Hall–Kier alpha value is -5.76. The highest BCUT2D eigenvalue weighted by Crippen LogP contribution is 2.36.